The van der Waals surface area contributed by atoms with Crippen LogP contribution in [0.3, 0.4) is 0 Å². The summed E-state index contributed by atoms with van der Waals surface area (Å²) in [6.07, 6.45) is -0.778. The molecular weight excluding hydrogens is 322 g/mol. The summed E-state index contributed by atoms with van der Waals surface area (Å²) in [5, 5.41) is 18.8. The molecule has 0 aliphatic carbocycles. The molecular formula is C15H15NO4S2. The van der Waals surface area contributed by atoms with E-state index in [-0.39, 0.29) is 17.0 Å². The Morgan fingerprint density at radius 1 is 1.36 bits per heavy atom. The van der Waals surface area contributed by atoms with Crippen LogP contribution < -0.4 is 0 Å². The van der Waals surface area contributed by atoms with Gasteiger partial charge in [-0.15, -0.1) is 0 Å². The summed E-state index contributed by atoms with van der Waals surface area (Å²) in [5.41, 5.74) is 1.16. The number of carboxylic acids is 1. The van der Waals surface area contributed by atoms with Crippen LogP contribution in [0.2, 0.25) is 0 Å². The zero-order valence-corrected chi connectivity index (χ0v) is 13.6. The van der Waals surface area contributed by atoms with Gasteiger partial charge < -0.3 is 10.2 Å². The molecule has 0 radical (unpaired) electrons. The van der Waals surface area contributed by atoms with Gasteiger partial charge in [0.25, 0.3) is 0 Å². The Bertz CT molecular complexity index is 669. The van der Waals surface area contributed by atoms with Crippen molar-refractivity contribution in [3.63, 3.8) is 0 Å². The first-order chi connectivity index (χ1) is 10.4. The molecule has 1 fully saturated rings. The number of β-lactam (4-membered cyclic amide) rings is 1. The maximum Gasteiger partial charge on any atom is 0.354 e. The maximum atomic E-state index is 12.1. The highest BCUT2D eigenvalue weighted by Gasteiger charge is 2.57. The summed E-state index contributed by atoms with van der Waals surface area (Å²) >= 11 is 2.69. The number of amides is 1. The Balaban J connectivity index is 1.88. The summed E-state index contributed by atoms with van der Waals surface area (Å²) in [5.74, 6) is -1.96. The van der Waals surface area contributed by atoms with Gasteiger partial charge in [-0.2, -0.15) is 0 Å². The second-order valence-corrected chi connectivity index (χ2v) is 7.81. The predicted molar refractivity (Wildman–Crippen MR) is 85.1 cm³/mol. The van der Waals surface area contributed by atoms with Crippen LogP contribution in [-0.2, 0) is 9.59 Å². The van der Waals surface area contributed by atoms with Crippen LogP contribution >= 0.6 is 23.5 Å². The summed E-state index contributed by atoms with van der Waals surface area (Å²) in [4.78, 5) is 25.8. The third-order valence-electron chi connectivity index (χ3n) is 3.70. The minimum atomic E-state index is -1.11. The first-order valence-corrected chi connectivity index (χ1v) is 8.49. The topological polar surface area (TPSA) is 77.8 Å². The largest absolute Gasteiger partial charge is 0.477 e. The molecule has 3 rings (SSSR count). The first-order valence-electron chi connectivity index (χ1n) is 6.80. The van der Waals surface area contributed by atoms with Crippen LogP contribution in [0.25, 0.3) is 0 Å². The van der Waals surface area contributed by atoms with Gasteiger partial charge in [-0.25, -0.2) is 4.79 Å². The lowest BCUT2D eigenvalue weighted by atomic mass is 9.92. The number of aryl methyl sites for hydroxylation is 1. The number of aliphatic carboxylic acids is 1. The van der Waals surface area contributed by atoms with Crippen molar-refractivity contribution < 1.29 is 19.8 Å². The molecule has 1 amide bonds. The van der Waals surface area contributed by atoms with E-state index in [0.717, 1.165) is 10.5 Å². The molecule has 0 saturated carbocycles. The van der Waals surface area contributed by atoms with E-state index in [0.29, 0.717) is 4.24 Å². The number of nitrogens with zero attached hydrogens (tertiary/aromatic N) is 1. The molecule has 2 aliphatic heterocycles. The zero-order chi connectivity index (χ0) is 16.0. The van der Waals surface area contributed by atoms with Gasteiger partial charge >= 0.3 is 5.97 Å². The number of hydrogen-bond donors (Lipinski definition) is 2. The molecule has 1 saturated heterocycles. The van der Waals surface area contributed by atoms with E-state index in [1.165, 1.54) is 28.4 Å². The van der Waals surface area contributed by atoms with Gasteiger partial charge in [-0.3, -0.25) is 9.69 Å². The molecule has 5 nitrogen and oxygen atoms in total. The number of carboxylic acid groups (broad SMARTS) is 1. The zero-order valence-electron chi connectivity index (χ0n) is 12.0. The van der Waals surface area contributed by atoms with Crippen molar-refractivity contribution in [3.05, 3.63) is 39.8 Å². The molecule has 0 unspecified atom stereocenters. The van der Waals surface area contributed by atoms with Gasteiger partial charge in [-0.05, 0) is 26.0 Å². The Hall–Kier alpha value is -1.44. The highest BCUT2D eigenvalue weighted by Crippen LogP contribution is 2.55. The molecule has 0 bridgehead atoms. The fourth-order valence-electron chi connectivity index (χ4n) is 2.53. The van der Waals surface area contributed by atoms with Crippen molar-refractivity contribution >= 4 is 35.4 Å². The highest BCUT2D eigenvalue weighted by atomic mass is 32.2. The van der Waals surface area contributed by atoms with Gasteiger partial charge in [0.15, 0.2) is 5.70 Å². The molecule has 1 aromatic carbocycles. The molecule has 1 aromatic rings. The molecule has 3 atom stereocenters. The molecule has 7 heteroatoms. The first kappa shape index (κ1) is 15.5. The smallest absolute Gasteiger partial charge is 0.354 e. The molecule has 22 heavy (non-hydrogen) atoms. The average molecular weight is 337 g/mol. The van der Waals surface area contributed by atoms with Crippen molar-refractivity contribution in [1.82, 2.24) is 4.90 Å². The van der Waals surface area contributed by atoms with Crippen LogP contribution in [0.5, 0.6) is 0 Å². The molecule has 2 aliphatic rings. The third kappa shape index (κ3) is 2.43. The minimum absolute atomic E-state index is 0.0301. The fourth-order valence-corrected chi connectivity index (χ4v) is 5.40. The number of carbonyl (C=O) groups excluding carboxylic acids is 1. The van der Waals surface area contributed by atoms with E-state index >= 15 is 0 Å². The summed E-state index contributed by atoms with van der Waals surface area (Å²) in [6.45, 7) is 3.55. The lowest BCUT2D eigenvalue weighted by molar-refractivity contribution is -0.156. The second-order valence-electron chi connectivity index (χ2n) is 5.34. The maximum absolute atomic E-state index is 12.1. The van der Waals surface area contributed by atoms with Crippen LogP contribution in [0.15, 0.2) is 39.1 Å². The Labute approximate surface area is 136 Å². The van der Waals surface area contributed by atoms with Crippen molar-refractivity contribution in [1.29, 1.82) is 0 Å². The van der Waals surface area contributed by atoms with Gasteiger partial charge in [-0.1, -0.05) is 41.2 Å². The van der Waals surface area contributed by atoms with Crippen LogP contribution in [-0.4, -0.2) is 38.5 Å². The molecule has 2 heterocycles. The Kier molecular flexibility index (Phi) is 3.96. The molecule has 2 N–H and O–H groups in total. The summed E-state index contributed by atoms with van der Waals surface area (Å²) in [6, 6.07) is 7.77. The predicted octanol–water partition coefficient (Wildman–Crippen LogP) is 2.25. The number of thioether (sulfide) groups is 2. The monoisotopic (exact) mass is 337 g/mol. The number of hydrogen-bond acceptors (Lipinski definition) is 5. The van der Waals surface area contributed by atoms with E-state index in [1.807, 2.05) is 31.2 Å². The fraction of sp³-hybridized carbons (Fsp3) is 0.333. The Morgan fingerprint density at radius 3 is 2.55 bits per heavy atom. The van der Waals surface area contributed by atoms with Crippen LogP contribution in [0, 0.1) is 12.8 Å². The number of rotatable bonds is 4. The molecule has 116 valence electrons. The van der Waals surface area contributed by atoms with Gasteiger partial charge in [0.1, 0.15) is 5.37 Å². The molecule has 0 spiro atoms. The third-order valence-corrected chi connectivity index (χ3v) is 6.28. The van der Waals surface area contributed by atoms with E-state index in [2.05, 4.69) is 0 Å². The number of carbonyl (C=O) groups is 2. The second kappa shape index (κ2) is 5.64. The van der Waals surface area contributed by atoms with E-state index in [9.17, 15) is 19.8 Å². The van der Waals surface area contributed by atoms with Crippen LogP contribution in [0.4, 0.5) is 0 Å². The highest BCUT2D eigenvalue weighted by molar-refractivity contribution is 8.22. The van der Waals surface area contributed by atoms with Gasteiger partial charge in [0.05, 0.1) is 16.3 Å². The lowest BCUT2D eigenvalue weighted by Gasteiger charge is -2.43. The van der Waals surface area contributed by atoms with Gasteiger partial charge in [0.2, 0.25) is 5.91 Å². The number of benzene rings is 1. The number of fused-ring (bicyclic) bond motifs is 1. The van der Waals surface area contributed by atoms with E-state index in [4.69, 9.17) is 0 Å². The van der Waals surface area contributed by atoms with Crippen molar-refractivity contribution in [2.24, 2.45) is 5.92 Å². The molecule has 0 aromatic heterocycles. The van der Waals surface area contributed by atoms with Crippen molar-refractivity contribution in [2.45, 2.75) is 30.2 Å². The van der Waals surface area contributed by atoms with Crippen molar-refractivity contribution in [3.8, 4) is 0 Å². The lowest BCUT2D eigenvalue weighted by Crippen LogP contribution is -2.60. The normalized spacial score (nSPS) is 25.0. The quantitative estimate of drug-likeness (QED) is 0.821. The SMILES string of the molecule is Cc1ccc(SC2=C(C(=O)O)N3C(=O)[C@H]([C@@H](C)O)[C@H]3S2)cc1. The van der Waals surface area contributed by atoms with Gasteiger partial charge in [0, 0.05) is 4.90 Å². The number of aliphatic hydroxyl groups is 1. The standard InChI is InChI=1S/C15H15NO4S2/c1-7-3-5-9(6-4-7)21-15-11(14(19)20)16-12(18)10(8(2)17)13(16)22-15/h3-6,8,10,13,17H,1-2H3,(H,19,20)/t8-,10+,13-/m1/s1. The minimum Gasteiger partial charge on any atom is -0.477 e. The summed E-state index contributed by atoms with van der Waals surface area (Å²) < 4.78 is 0.595. The van der Waals surface area contributed by atoms with Crippen molar-refractivity contribution in [2.75, 3.05) is 0 Å². The van der Waals surface area contributed by atoms with E-state index in [1.54, 1.807) is 6.92 Å². The number of aliphatic hydroxyl groups excluding tert-OH is 1. The van der Waals surface area contributed by atoms with Crippen LogP contribution in [0.1, 0.15) is 12.5 Å². The Morgan fingerprint density at radius 2 is 2.00 bits per heavy atom. The van der Waals surface area contributed by atoms with E-state index < -0.39 is 18.0 Å². The summed E-state index contributed by atoms with van der Waals surface area (Å²) in [7, 11) is 0. The average Bonchev–Trinajstić information content (AvgIpc) is 2.75.